The normalized spacial score (nSPS) is 22.8. The van der Waals surface area contributed by atoms with Gasteiger partial charge in [0, 0.05) is 23.6 Å². The summed E-state index contributed by atoms with van der Waals surface area (Å²) in [6.07, 6.45) is 8.37. The maximum absolute atomic E-state index is 6.02. The summed E-state index contributed by atoms with van der Waals surface area (Å²) in [4.78, 5) is 4.86. The van der Waals surface area contributed by atoms with Crippen molar-refractivity contribution in [2.75, 3.05) is 12.1 Å². The number of halogens is 1. The molecule has 2 nitrogen and oxygen atoms in total. The van der Waals surface area contributed by atoms with Crippen molar-refractivity contribution in [2.45, 2.75) is 50.3 Å². The van der Waals surface area contributed by atoms with Crippen LogP contribution >= 0.6 is 23.4 Å². The molecule has 0 N–H and O–H groups in total. The van der Waals surface area contributed by atoms with E-state index >= 15 is 0 Å². The summed E-state index contributed by atoms with van der Waals surface area (Å²) in [5, 5.41) is 0.700. The number of imidazole rings is 1. The molecule has 1 aromatic carbocycles. The Morgan fingerprint density at radius 2 is 2.14 bits per heavy atom. The molecule has 1 heterocycles. The number of aromatic nitrogens is 2. The summed E-state index contributed by atoms with van der Waals surface area (Å²) in [5.74, 6) is 1.80. The van der Waals surface area contributed by atoms with Gasteiger partial charge in [-0.15, -0.1) is 11.6 Å². The molecular formula is C17H23ClN2S. The van der Waals surface area contributed by atoms with Gasteiger partial charge in [-0.05, 0) is 43.7 Å². The molecule has 0 spiro atoms. The number of thioether (sulfide) groups is 1. The number of nitrogens with zero attached hydrogens (tertiary/aromatic N) is 2. The maximum Gasteiger partial charge on any atom is 0.111 e. The van der Waals surface area contributed by atoms with Crippen LogP contribution in [0.25, 0.3) is 11.0 Å². The molecule has 1 aromatic heterocycles. The molecule has 0 bridgehead atoms. The Hall–Kier alpha value is -0.670. The highest BCUT2D eigenvalue weighted by atomic mass is 35.5. The number of hydrogen-bond donors (Lipinski definition) is 0. The summed E-state index contributed by atoms with van der Waals surface area (Å²) < 4.78 is 2.50. The minimum atomic E-state index is 0.568. The Morgan fingerprint density at radius 3 is 2.90 bits per heavy atom. The van der Waals surface area contributed by atoms with E-state index in [9.17, 15) is 0 Å². The Morgan fingerprint density at radius 1 is 1.33 bits per heavy atom. The Kier molecular flexibility index (Phi) is 4.80. The minimum absolute atomic E-state index is 0.568. The van der Waals surface area contributed by atoms with E-state index in [0.29, 0.717) is 17.2 Å². The molecule has 2 atom stereocenters. The van der Waals surface area contributed by atoms with E-state index in [0.717, 1.165) is 17.8 Å². The van der Waals surface area contributed by atoms with Crippen LogP contribution in [0, 0.1) is 6.92 Å². The molecule has 0 saturated heterocycles. The molecule has 4 heteroatoms. The van der Waals surface area contributed by atoms with Gasteiger partial charge in [0.1, 0.15) is 5.82 Å². The fraction of sp³-hybridized carbons (Fsp3) is 0.588. The Balaban J connectivity index is 2.13. The lowest BCUT2D eigenvalue weighted by molar-refractivity contribution is 0.364. The van der Waals surface area contributed by atoms with Crippen LogP contribution in [-0.2, 0) is 6.42 Å². The zero-order valence-electron chi connectivity index (χ0n) is 12.8. The third kappa shape index (κ3) is 2.95. The first-order valence-electron chi connectivity index (χ1n) is 7.81. The first-order valence-corrected chi connectivity index (χ1v) is 9.63. The molecule has 21 heavy (non-hydrogen) atoms. The average Bonchev–Trinajstić information content (AvgIpc) is 2.84. The molecule has 0 aliphatic heterocycles. The van der Waals surface area contributed by atoms with E-state index < -0.39 is 0 Å². The molecule has 2 aromatic rings. The third-order valence-corrected chi connectivity index (χ3v) is 5.88. The Bertz CT molecular complexity index is 623. The number of hydrogen-bond acceptors (Lipinski definition) is 2. The van der Waals surface area contributed by atoms with Crippen LogP contribution in [0.3, 0.4) is 0 Å². The second kappa shape index (κ2) is 6.62. The van der Waals surface area contributed by atoms with E-state index in [1.807, 2.05) is 11.8 Å². The van der Waals surface area contributed by atoms with Crippen molar-refractivity contribution < 1.29 is 0 Å². The number of alkyl halides is 1. The number of rotatable bonds is 4. The SMILES string of the molecule is CSC1CCCCC1n1c(CCCl)nc2ccc(C)cc21. The molecule has 1 aliphatic rings. The minimum Gasteiger partial charge on any atom is -0.324 e. The van der Waals surface area contributed by atoms with Gasteiger partial charge in [-0.1, -0.05) is 18.9 Å². The van der Waals surface area contributed by atoms with Crippen LogP contribution in [0.15, 0.2) is 18.2 Å². The van der Waals surface area contributed by atoms with Gasteiger partial charge in [-0.3, -0.25) is 0 Å². The highest BCUT2D eigenvalue weighted by molar-refractivity contribution is 7.99. The topological polar surface area (TPSA) is 17.8 Å². The molecule has 1 saturated carbocycles. The van der Waals surface area contributed by atoms with Crippen LogP contribution in [0.1, 0.15) is 43.1 Å². The van der Waals surface area contributed by atoms with Crippen LogP contribution in [0.2, 0.25) is 0 Å². The number of aryl methyl sites for hydroxylation is 2. The van der Waals surface area contributed by atoms with Gasteiger partial charge in [0.25, 0.3) is 0 Å². The second-order valence-electron chi connectivity index (χ2n) is 5.96. The molecule has 2 unspecified atom stereocenters. The van der Waals surface area contributed by atoms with Gasteiger partial charge in [0.2, 0.25) is 0 Å². The monoisotopic (exact) mass is 322 g/mol. The standard InChI is InChI=1S/C17H23ClN2S/c1-12-7-8-13-15(11-12)20(17(19-13)9-10-18)14-5-3-4-6-16(14)21-2/h7-8,11,14,16H,3-6,9-10H2,1-2H3. The van der Waals surface area contributed by atoms with Crippen molar-refractivity contribution >= 4 is 34.4 Å². The van der Waals surface area contributed by atoms with E-state index in [-0.39, 0.29) is 0 Å². The molecule has 114 valence electrons. The van der Waals surface area contributed by atoms with E-state index in [2.05, 4.69) is 35.9 Å². The lowest BCUT2D eigenvalue weighted by Crippen LogP contribution is -2.26. The van der Waals surface area contributed by atoms with Crippen molar-refractivity contribution in [1.82, 2.24) is 9.55 Å². The van der Waals surface area contributed by atoms with Crippen LogP contribution < -0.4 is 0 Å². The van der Waals surface area contributed by atoms with E-state index in [1.165, 1.54) is 36.8 Å². The highest BCUT2D eigenvalue weighted by Gasteiger charge is 2.28. The summed E-state index contributed by atoms with van der Waals surface area (Å²) in [5.41, 5.74) is 3.71. The molecule has 0 amide bonds. The predicted molar refractivity (Wildman–Crippen MR) is 93.7 cm³/mol. The van der Waals surface area contributed by atoms with Gasteiger partial charge in [0.15, 0.2) is 0 Å². The van der Waals surface area contributed by atoms with Gasteiger partial charge in [-0.2, -0.15) is 11.8 Å². The Labute approximate surface area is 136 Å². The lowest BCUT2D eigenvalue weighted by atomic mass is 9.94. The summed E-state index contributed by atoms with van der Waals surface area (Å²) in [7, 11) is 0. The largest absolute Gasteiger partial charge is 0.324 e. The van der Waals surface area contributed by atoms with Gasteiger partial charge >= 0.3 is 0 Å². The predicted octanol–water partition coefficient (Wildman–Crippen LogP) is 4.97. The van der Waals surface area contributed by atoms with Gasteiger partial charge in [-0.25, -0.2) is 4.98 Å². The zero-order valence-corrected chi connectivity index (χ0v) is 14.4. The first kappa shape index (κ1) is 15.2. The number of fused-ring (bicyclic) bond motifs is 1. The quantitative estimate of drug-likeness (QED) is 0.739. The molecule has 3 rings (SSSR count). The average molecular weight is 323 g/mol. The fourth-order valence-corrected chi connectivity index (χ4v) is 4.67. The van der Waals surface area contributed by atoms with Gasteiger partial charge < -0.3 is 4.57 Å². The molecule has 1 aliphatic carbocycles. The van der Waals surface area contributed by atoms with Crippen LogP contribution in [0.4, 0.5) is 0 Å². The van der Waals surface area contributed by atoms with Crippen molar-refractivity contribution in [3.63, 3.8) is 0 Å². The zero-order chi connectivity index (χ0) is 14.8. The second-order valence-corrected chi connectivity index (χ2v) is 7.41. The first-order chi connectivity index (χ1) is 10.2. The highest BCUT2D eigenvalue weighted by Crippen LogP contribution is 2.38. The van der Waals surface area contributed by atoms with Crippen LogP contribution in [0.5, 0.6) is 0 Å². The van der Waals surface area contributed by atoms with Crippen molar-refractivity contribution in [3.8, 4) is 0 Å². The maximum atomic E-state index is 6.02. The van der Waals surface area contributed by atoms with E-state index in [1.54, 1.807) is 0 Å². The third-order valence-electron chi connectivity index (χ3n) is 4.54. The lowest BCUT2D eigenvalue weighted by Gasteiger charge is -2.33. The van der Waals surface area contributed by atoms with Crippen LogP contribution in [-0.4, -0.2) is 26.9 Å². The van der Waals surface area contributed by atoms with Crippen molar-refractivity contribution in [2.24, 2.45) is 0 Å². The summed E-state index contributed by atoms with van der Waals surface area (Å²) >= 11 is 8.03. The molecule has 0 radical (unpaired) electrons. The van der Waals surface area contributed by atoms with Crippen molar-refractivity contribution in [1.29, 1.82) is 0 Å². The molecule has 1 fully saturated rings. The molecular weight excluding hydrogens is 300 g/mol. The summed E-state index contributed by atoms with van der Waals surface area (Å²) in [6.45, 7) is 2.16. The van der Waals surface area contributed by atoms with Gasteiger partial charge in [0.05, 0.1) is 11.0 Å². The van der Waals surface area contributed by atoms with E-state index in [4.69, 9.17) is 16.6 Å². The van der Waals surface area contributed by atoms with Crippen molar-refractivity contribution in [3.05, 3.63) is 29.6 Å². The fourth-order valence-electron chi connectivity index (χ4n) is 3.53. The smallest absolute Gasteiger partial charge is 0.111 e. The number of benzene rings is 1. The summed E-state index contributed by atoms with van der Waals surface area (Å²) in [6, 6.07) is 7.15.